The van der Waals surface area contributed by atoms with Gasteiger partial charge in [0, 0.05) is 24.6 Å². The molecule has 4 rings (SSSR count). The number of aryl methyl sites for hydroxylation is 1. The van der Waals surface area contributed by atoms with E-state index >= 15 is 0 Å². The summed E-state index contributed by atoms with van der Waals surface area (Å²) in [6, 6.07) is 25.1. The van der Waals surface area contributed by atoms with Crippen molar-refractivity contribution in [3.8, 4) is 0 Å². The van der Waals surface area contributed by atoms with Crippen LogP contribution in [0.2, 0.25) is 0 Å². The van der Waals surface area contributed by atoms with E-state index in [-0.39, 0.29) is 11.8 Å². The zero-order valence-electron chi connectivity index (χ0n) is 17.2. The van der Waals surface area contributed by atoms with E-state index in [0.717, 1.165) is 11.1 Å². The predicted molar refractivity (Wildman–Crippen MR) is 122 cm³/mol. The van der Waals surface area contributed by atoms with Crippen LogP contribution < -0.4 is 16.4 Å². The number of rotatable bonds is 6. The third-order valence-electron chi connectivity index (χ3n) is 5.42. The molecule has 0 aliphatic rings. The third kappa shape index (κ3) is 4.19. The van der Waals surface area contributed by atoms with E-state index in [9.17, 15) is 14.4 Å². The molecular weight excluding hydrogens is 390 g/mol. The van der Waals surface area contributed by atoms with Gasteiger partial charge in [-0.1, -0.05) is 60.7 Å². The molecule has 0 radical (unpaired) electrons. The summed E-state index contributed by atoms with van der Waals surface area (Å²) in [5.41, 5.74) is 2.41. The van der Waals surface area contributed by atoms with Gasteiger partial charge in [-0.05, 0) is 36.2 Å². The topological polar surface area (TPSA) is 84.0 Å². The van der Waals surface area contributed by atoms with E-state index in [1.807, 2.05) is 36.4 Å². The highest BCUT2D eigenvalue weighted by Crippen LogP contribution is 2.24. The summed E-state index contributed by atoms with van der Waals surface area (Å²) in [5.74, 6) is -0.231. The Bertz CT molecular complexity index is 1290. The molecule has 0 aliphatic carbocycles. The van der Waals surface area contributed by atoms with Crippen LogP contribution in [0, 0.1) is 0 Å². The number of nitrogens with one attached hydrogen (secondary N) is 2. The van der Waals surface area contributed by atoms with Gasteiger partial charge in [-0.3, -0.25) is 14.4 Å². The van der Waals surface area contributed by atoms with Gasteiger partial charge in [-0.15, -0.1) is 0 Å². The number of aromatic nitrogens is 2. The normalized spacial score (nSPS) is 11.0. The van der Waals surface area contributed by atoms with Crippen LogP contribution in [-0.4, -0.2) is 22.0 Å². The number of carbonyl (C=O) groups excluding carboxylic acids is 1. The zero-order chi connectivity index (χ0) is 21.8. The summed E-state index contributed by atoms with van der Waals surface area (Å²) in [6.07, 6.45) is 0. The largest absolute Gasteiger partial charge is 0.351 e. The number of nitrogens with zero attached hydrogens (tertiary/aromatic N) is 1. The summed E-state index contributed by atoms with van der Waals surface area (Å²) < 4.78 is 1.40. The lowest BCUT2D eigenvalue weighted by Crippen LogP contribution is -2.36. The van der Waals surface area contributed by atoms with E-state index in [1.54, 1.807) is 25.1 Å². The van der Waals surface area contributed by atoms with E-state index in [0.29, 0.717) is 29.7 Å². The van der Waals surface area contributed by atoms with Crippen molar-refractivity contribution < 1.29 is 4.79 Å². The van der Waals surface area contributed by atoms with E-state index in [4.69, 9.17) is 0 Å². The molecule has 6 nitrogen and oxygen atoms in total. The zero-order valence-corrected chi connectivity index (χ0v) is 17.2. The first-order valence-electron chi connectivity index (χ1n) is 10.2. The van der Waals surface area contributed by atoms with Gasteiger partial charge in [0.2, 0.25) is 0 Å². The number of H-pyrrole nitrogens is 1. The lowest BCUT2D eigenvalue weighted by molar-refractivity contribution is 0.0952. The maximum atomic E-state index is 12.9. The second-order valence-corrected chi connectivity index (χ2v) is 7.32. The second kappa shape index (κ2) is 8.83. The van der Waals surface area contributed by atoms with Crippen LogP contribution in [0.3, 0.4) is 0 Å². The molecule has 0 aliphatic heterocycles. The molecule has 0 saturated carbocycles. The minimum atomic E-state index is -0.694. The molecular formula is C25H23N3O3. The molecule has 0 saturated heterocycles. The fourth-order valence-corrected chi connectivity index (χ4v) is 3.83. The smallest absolute Gasteiger partial charge is 0.316 e. The van der Waals surface area contributed by atoms with Crippen LogP contribution >= 0.6 is 0 Å². The summed E-state index contributed by atoms with van der Waals surface area (Å²) >= 11 is 0. The quantitative estimate of drug-likeness (QED) is 0.476. The lowest BCUT2D eigenvalue weighted by Gasteiger charge is -2.19. The van der Waals surface area contributed by atoms with Gasteiger partial charge in [0.15, 0.2) is 0 Å². The number of hydrogen-bond acceptors (Lipinski definition) is 3. The fourth-order valence-electron chi connectivity index (χ4n) is 3.83. The van der Waals surface area contributed by atoms with Crippen molar-refractivity contribution in [2.45, 2.75) is 19.4 Å². The second-order valence-electron chi connectivity index (χ2n) is 7.32. The van der Waals surface area contributed by atoms with Crippen molar-refractivity contribution >= 4 is 16.9 Å². The molecule has 6 heteroatoms. The van der Waals surface area contributed by atoms with E-state index in [1.165, 1.54) is 4.57 Å². The Balaban J connectivity index is 1.61. The molecule has 0 unspecified atom stereocenters. The average Bonchev–Trinajstić information content (AvgIpc) is 2.81. The Morgan fingerprint density at radius 3 is 2.13 bits per heavy atom. The number of aromatic amines is 1. The molecule has 0 bridgehead atoms. The highest BCUT2D eigenvalue weighted by Gasteiger charge is 2.16. The molecule has 31 heavy (non-hydrogen) atoms. The van der Waals surface area contributed by atoms with Gasteiger partial charge in [-0.2, -0.15) is 0 Å². The monoisotopic (exact) mass is 413 g/mol. The van der Waals surface area contributed by atoms with Crippen LogP contribution in [0.15, 0.2) is 88.5 Å². The summed E-state index contributed by atoms with van der Waals surface area (Å²) in [5, 5.41) is 3.02. The Labute approximate surface area is 179 Å². The van der Waals surface area contributed by atoms with Crippen molar-refractivity contribution in [3.05, 3.63) is 116 Å². The molecule has 0 spiro atoms. The van der Waals surface area contributed by atoms with Crippen LogP contribution in [-0.2, 0) is 6.54 Å². The van der Waals surface area contributed by atoms with Gasteiger partial charge < -0.3 is 14.9 Å². The number of carbonyl (C=O) groups is 1. The number of benzene rings is 3. The number of hydrogen-bond donors (Lipinski definition) is 2. The fraction of sp³-hybridized carbons (Fsp3) is 0.160. The van der Waals surface area contributed by atoms with Gasteiger partial charge >= 0.3 is 11.1 Å². The van der Waals surface area contributed by atoms with Gasteiger partial charge in [0.1, 0.15) is 0 Å². The van der Waals surface area contributed by atoms with Crippen LogP contribution in [0.4, 0.5) is 0 Å². The summed E-state index contributed by atoms with van der Waals surface area (Å²) in [4.78, 5) is 39.4. The molecule has 3 aromatic carbocycles. The van der Waals surface area contributed by atoms with Crippen LogP contribution in [0.5, 0.6) is 0 Å². The highest BCUT2D eigenvalue weighted by molar-refractivity contribution is 5.97. The molecule has 1 aromatic heterocycles. The van der Waals surface area contributed by atoms with Crippen molar-refractivity contribution in [1.29, 1.82) is 0 Å². The van der Waals surface area contributed by atoms with Crippen molar-refractivity contribution in [1.82, 2.24) is 14.9 Å². The maximum Gasteiger partial charge on any atom is 0.316 e. The number of fused-ring (bicyclic) bond motifs is 1. The van der Waals surface area contributed by atoms with Crippen molar-refractivity contribution in [2.75, 3.05) is 6.54 Å². The van der Waals surface area contributed by atoms with Crippen molar-refractivity contribution in [3.63, 3.8) is 0 Å². The molecule has 2 N–H and O–H groups in total. The van der Waals surface area contributed by atoms with Gasteiger partial charge in [-0.25, -0.2) is 0 Å². The van der Waals surface area contributed by atoms with Crippen LogP contribution in [0.25, 0.3) is 11.0 Å². The minimum absolute atomic E-state index is 0.0110. The van der Waals surface area contributed by atoms with Crippen LogP contribution in [0.1, 0.15) is 34.3 Å². The first kappa shape index (κ1) is 20.3. The Morgan fingerprint density at radius 2 is 1.55 bits per heavy atom. The highest BCUT2D eigenvalue weighted by atomic mass is 16.2. The molecule has 4 aromatic rings. The molecule has 1 amide bonds. The number of amides is 1. The molecule has 0 fully saturated rings. The Kier molecular flexibility index (Phi) is 5.80. The summed E-state index contributed by atoms with van der Waals surface area (Å²) in [7, 11) is 0. The third-order valence-corrected chi connectivity index (χ3v) is 5.42. The molecule has 156 valence electrons. The van der Waals surface area contributed by atoms with E-state index in [2.05, 4.69) is 34.6 Å². The Hall–Kier alpha value is -3.93. The minimum Gasteiger partial charge on any atom is -0.351 e. The van der Waals surface area contributed by atoms with Crippen molar-refractivity contribution in [2.24, 2.45) is 0 Å². The first-order chi connectivity index (χ1) is 15.1. The lowest BCUT2D eigenvalue weighted by atomic mass is 9.91. The first-order valence-corrected chi connectivity index (χ1v) is 10.2. The molecule has 1 heterocycles. The maximum absolute atomic E-state index is 12.9. The van der Waals surface area contributed by atoms with Gasteiger partial charge in [0.05, 0.1) is 11.0 Å². The summed E-state index contributed by atoms with van der Waals surface area (Å²) in [6.45, 7) is 2.60. The average molecular weight is 413 g/mol. The van der Waals surface area contributed by atoms with E-state index < -0.39 is 11.1 Å². The predicted octanol–water partition coefficient (Wildman–Crippen LogP) is 3.27. The van der Waals surface area contributed by atoms with Gasteiger partial charge in [0.25, 0.3) is 5.91 Å². The standard InChI is InChI=1S/C25H23N3O3/c1-2-28-22-14-13-19(15-21(22)27-24(30)25(28)31)23(29)26-16-20(17-9-5-3-6-10-17)18-11-7-4-8-12-18/h3-15,20H,2,16H2,1H3,(H,26,29)(H,27,30). The Morgan fingerprint density at radius 1 is 0.935 bits per heavy atom. The SMILES string of the molecule is CCn1c(=O)c(=O)[nH]c2cc(C(=O)NCC(c3ccccc3)c3ccccc3)ccc21. The molecule has 0 atom stereocenters.